The molecule has 1 saturated heterocycles. The van der Waals surface area contributed by atoms with Crippen LogP contribution in [0.1, 0.15) is 52.4 Å². The van der Waals surface area contributed by atoms with E-state index in [-0.39, 0.29) is 34.9 Å². The lowest BCUT2D eigenvalue weighted by molar-refractivity contribution is -0.141. The second kappa shape index (κ2) is 4.57. The summed E-state index contributed by atoms with van der Waals surface area (Å²) in [6.07, 6.45) is 6.44. The van der Waals surface area contributed by atoms with Gasteiger partial charge in [-0.1, -0.05) is 19.9 Å². The highest BCUT2D eigenvalue weighted by molar-refractivity contribution is 5.79. The zero-order valence-corrected chi connectivity index (χ0v) is 13.5. The fraction of sp³-hybridized carbons (Fsp3) is 0.833. The Morgan fingerprint density at radius 1 is 1.27 bits per heavy atom. The van der Waals surface area contributed by atoms with Gasteiger partial charge in [-0.15, -0.1) is 0 Å². The summed E-state index contributed by atoms with van der Waals surface area (Å²) in [5.41, 5.74) is 0.775. The molecule has 22 heavy (non-hydrogen) atoms. The third kappa shape index (κ3) is 1.74. The number of amides is 1. The Bertz CT molecular complexity index is 544. The SMILES string of the molecule is CC12CCC(=O)NC1=CCC1C2[C@@H](O)CC2(C)C1CC[C@@H]2O. The molecule has 0 aromatic carbocycles. The van der Waals surface area contributed by atoms with Gasteiger partial charge >= 0.3 is 0 Å². The highest BCUT2D eigenvalue weighted by Gasteiger charge is 2.61. The highest BCUT2D eigenvalue weighted by atomic mass is 16.3. The van der Waals surface area contributed by atoms with Crippen LogP contribution in [0.5, 0.6) is 0 Å². The second-order valence-corrected chi connectivity index (χ2v) is 8.49. The van der Waals surface area contributed by atoms with Gasteiger partial charge in [-0.3, -0.25) is 4.79 Å². The number of carbonyl (C=O) groups is 1. The average Bonchev–Trinajstić information content (AvgIpc) is 2.75. The van der Waals surface area contributed by atoms with Crippen molar-refractivity contribution in [3.8, 4) is 0 Å². The predicted octanol–water partition coefficient (Wildman–Crippen LogP) is 1.96. The summed E-state index contributed by atoms with van der Waals surface area (Å²) in [6.45, 7) is 4.38. The van der Waals surface area contributed by atoms with Crippen molar-refractivity contribution >= 4 is 5.91 Å². The summed E-state index contributed by atoms with van der Waals surface area (Å²) >= 11 is 0. The molecule has 1 heterocycles. The minimum absolute atomic E-state index is 0.105. The third-order valence-corrected chi connectivity index (χ3v) is 7.49. The Hall–Kier alpha value is -0.870. The Labute approximate surface area is 132 Å². The number of hydrogen-bond donors (Lipinski definition) is 3. The van der Waals surface area contributed by atoms with Crippen molar-refractivity contribution in [1.29, 1.82) is 0 Å². The molecule has 3 N–H and O–H groups in total. The van der Waals surface area contributed by atoms with E-state index in [2.05, 4.69) is 25.2 Å². The summed E-state index contributed by atoms with van der Waals surface area (Å²) in [4.78, 5) is 11.7. The van der Waals surface area contributed by atoms with Crippen LogP contribution < -0.4 is 5.32 Å². The molecule has 4 heteroatoms. The summed E-state index contributed by atoms with van der Waals surface area (Å²) in [6, 6.07) is 0. The molecule has 0 bridgehead atoms. The largest absolute Gasteiger partial charge is 0.393 e. The number of fused-ring (bicyclic) bond motifs is 5. The molecule has 2 saturated carbocycles. The Morgan fingerprint density at radius 2 is 2.05 bits per heavy atom. The number of piperidine rings is 1. The molecule has 3 aliphatic carbocycles. The van der Waals surface area contributed by atoms with Crippen molar-refractivity contribution in [1.82, 2.24) is 5.32 Å². The first-order valence-corrected chi connectivity index (χ1v) is 8.73. The van der Waals surface area contributed by atoms with E-state index in [9.17, 15) is 15.0 Å². The number of nitrogens with one attached hydrogen (secondary N) is 1. The fourth-order valence-corrected chi connectivity index (χ4v) is 6.30. The van der Waals surface area contributed by atoms with Crippen LogP contribution in [0.2, 0.25) is 0 Å². The van der Waals surface area contributed by atoms with E-state index in [4.69, 9.17) is 0 Å². The molecule has 5 unspecified atom stereocenters. The number of rotatable bonds is 0. The molecule has 3 fully saturated rings. The molecule has 4 rings (SSSR count). The van der Waals surface area contributed by atoms with Crippen LogP contribution in [-0.4, -0.2) is 28.3 Å². The molecule has 1 aliphatic heterocycles. The molecule has 0 spiro atoms. The first-order valence-electron chi connectivity index (χ1n) is 8.73. The zero-order valence-electron chi connectivity index (χ0n) is 13.5. The number of aliphatic hydroxyl groups is 2. The third-order valence-electron chi connectivity index (χ3n) is 7.49. The van der Waals surface area contributed by atoms with Crippen LogP contribution in [0.25, 0.3) is 0 Å². The zero-order chi connectivity index (χ0) is 15.7. The summed E-state index contributed by atoms with van der Waals surface area (Å²) in [7, 11) is 0. The molecule has 4 aliphatic rings. The average molecular weight is 305 g/mol. The molecule has 0 aromatic rings. The molecular formula is C18H27NO3. The van der Waals surface area contributed by atoms with E-state index in [1.54, 1.807) is 0 Å². The molecule has 7 atom stereocenters. The molecule has 1 amide bonds. The molecular weight excluding hydrogens is 278 g/mol. The smallest absolute Gasteiger partial charge is 0.224 e. The first kappa shape index (κ1) is 14.7. The van der Waals surface area contributed by atoms with Crippen molar-refractivity contribution in [3.63, 3.8) is 0 Å². The van der Waals surface area contributed by atoms with Crippen molar-refractivity contribution in [3.05, 3.63) is 11.8 Å². The van der Waals surface area contributed by atoms with Gasteiger partial charge in [0.1, 0.15) is 0 Å². The van der Waals surface area contributed by atoms with Gasteiger partial charge in [0.15, 0.2) is 0 Å². The quantitative estimate of drug-likeness (QED) is 0.641. The lowest BCUT2D eigenvalue weighted by atomic mass is 9.49. The van der Waals surface area contributed by atoms with E-state index < -0.39 is 0 Å². The summed E-state index contributed by atoms with van der Waals surface area (Å²) in [5.74, 6) is 1.22. The van der Waals surface area contributed by atoms with Gasteiger partial charge in [0.2, 0.25) is 5.91 Å². The fourth-order valence-electron chi connectivity index (χ4n) is 6.30. The van der Waals surface area contributed by atoms with Crippen LogP contribution in [0.15, 0.2) is 11.8 Å². The molecule has 4 nitrogen and oxygen atoms in total. The number of hydrogen-bond acceptors (Lipinski definition) is 3. The van der Waals surface area contributed by atoms with Gasteiger partial charge in [-0.25, -0.2) is 0 Å². The number of aliphatic hydroxyl groups excluding tert-OH is 2. The minimum atomic E-state index is -0.386. The second-order valence-electron chi connectivity index (χ2n) is 8.49. The number of allylic oxidation sites excluding steroid dienone is 2. The van der Waals surface area contributed by atoms with Gasteiger partial charge in [0.05, 0.1) is 12.2 Å². The Kier molecular flexibility index (Phi) is 3.06. The van der Waals surface area contributed by atoms with Crippen LogP contribution >= 0.6 is 0 Å². The van der Waals surface area contributed by atoms with Crippen LogP contribution in [0, 0.1) is 28.6 Å². The van der Waals surface area contributed by atoms with E-state index >= 15 is 0 Å². The van der Waals surface area contributed by atoms with Crippen LogP contribution in [0.4, 0.5) is 0 Å². The van der Waals surface area contributed by atoms with Crippen LogP contribution in [0.3, 0.4) is 0 Å². The maximum atomic E-state index is 11.7. The Morgan fingerprint density at radius 3 is 2.82 bits per heavy atom. The topological polar surface area (TPSA) is 69.6 Å². The van der Waals surface area contributed by atoms with E-state index in [0.29, 0.717) is 24.7 Å². The monoisotopic (exact) mass is 305 g/mol. The van der Waals surface area contributed by atoms with Gasteiger partial charge < -0.3 is 15.5 Å². The molecule has 122 valence electrons. The Balaban J connectivity index is 1.74. The predicted molar refractivity (Wildman–Crippen MR) is 82.6 cm³/mol. The van der Waals surface area contributed by atoms with Crippen molar-refractivity contribution in [2.75, 3.05) is 0 Å². The van der Waals surface area contributed by atoms with Crippen molar-refractivity contribution in [2.45, 2.75) is 64.6 Å². The van der Waals surface area contributed by atoms with Gasteiger partial charge in [-0.05, 0) is 55.3 Å². The van der Waals surface area contributed by atoms with Gasteiger partial charge in [0, 0.05) is 17.5 Å². The van der Waals surface area contributed by atoms with Crippen molar-refractivity contribution < 1.29 is 15.0 Å². The maximum Gasteiger partial charge on any atom is 0.224 e. The standard InChI is InChI=1S/C18H27NO3/c1-17-8-7-15(22)19-13(17)5-3-10-11-4-6-14(21)18(11,2)9-12(20)16(10)17/h5,10-12,14,16,20-21H,3-4,6-9H2,1-2H3,(H,19,22)/t10?,11?,12-,14-,16?,17?,18?/m0/s1. The highest BCUT2D eigenvalue weighted by Crippen LogP contribution is 2.63. The van der Waals surface area contributed by atoms with E-state index in [1.165, 1.54) is 0 Å². The van der Waals surface area contributed by atoms with E-state index in [1.807, 2.05) is 0 Å². The number of carbonyl (C=O) groups excluding carboxylic acids is 1. The van der Waals surface area contributed by atoms with E-state index in [0.717, 1.165) is 31.4 Å². The van der Waals surface area contributed by atoms with Gasteiger partial charge in [0.25, 0.3) is 0 Å². The minimum Gasteiger partial charge on any atom is -0.393 e. The maximum absolute atomic E-state index is 11.7. The lowest BCUT2D eigenvalue weighted by Crippen LogP contribution is -2.58. The molecule has 0 aromatic heterocycles. The summed E-state index contributed by atoms with van der Waals surface area (Å²) in [5, 5.41) is 24.4. The lowest BCUT2D eigenvalue weighted by Gasteiger charge is -2.58. The first-order chi connectivity index (χ1) is 10.4. The molecule has 0 radical (unpaired) electrons. The van der Waals surface area contributed by atoms with Gasteiger partial charge in [-0.2, -0.15) is 0 Å². The van der Waals surface area contributed by atoms with Crippen molar-refractivity contribution in [2.24, 2.45) is 28.6 Å². The van der Waals surface area contributed by atoms with Crippen LogP contribution in [-0.2, 0) is 4.79 Å². The summed E-state index contributed by atoms with van der Waals surface area (Å²) < 4.78 is 0. The normalized spacial score (nSPS) is 53.9.